The van der Waals surface area contributed by atoms with E-state index in [0.717, 1.165) is 32.4 Å². The molecule has 1 saturated heterocycles. The Morgan fingerprint density at radius 3 is 2.68 bits per heavy atom. The number of hydrogen-bond donors (Lipinski definition) is 2. The molecule has 1 aliphatic rings. The van der Waals surface area contributed by atoms with E-state index in [1.165, 1.54) is 0 Å². The Balaban J connectivity index is 2.07. The molecular weight excluding hydrogens is 302 g/mol. The number of amides is 2. The van der Waals surface area contributed by atoms with Crippen LogP contribution in [-0.2, 0) is 4.79 Å². The summed E-state index contributed by atoms with van der Waals surface area (Å²) in [5.41, 5.74) is 1.17. The molecule has 6 heteroatoms. The van der Waals surface area contributed by atoms with Crippen LogP contribution in [0.15, 0.2) is 18.2 Å². The van der Waals surface area contributed by atoms with Crippen molar-refractivity contribution in [3.8, 4) is 0 Å². The lowest BCUT2D eigenvalue weighted by atomic mass is 10.1. The SMILES string of the molecule is CCCNC(=O)CNc1cc(Cl)ccc1C(=O)N1CCCC1. The summed E-state index contributed by atoms with van der Waals surface area (Å²) in [5.74, 6) is -0.105. The number of nitrogens with one attached hydrogen (secondary N) is 2. The molecule has 1 aromatic rings. The molecule has 2 N–H and O–H groups in total. The highest BCUT2D eigenvalue weighted by Gasteiger charge is 2.22. The molecule has 0 saturated carbocycles. The van der Waals surface area contributed by atoms with Gasteiger partial charge in [-0.3, -0.25) is 9.59 Å². The molecule has 1 aliphatic heterocycles. The molecule has 0 aliphatic carbocycles. The first-order chi connectivity index (χ1) is 10.6. The Morgan fingerprint density at radius 1 is 1.27 bits per heavy atom. The summed E-state index contributed by atoms with van der Waals surface area (Å²) in [7, 11) is 0. The molecule has 0 atom stereocenters. The third-order valence-corrected chi connectivity index (χ3v) is 3.85. The average Bonchev–Trinajstić information content (AvgIpc) is 3.04. The monoisotopic (exact) mass is 323 g/mol. The van der Waals surface area contributed by atoms with E-state index < -0.39 is 0 Å². The van der Waals surface area contributed by atoms with Crippen molar-refractivity contribution in [2.75, 3.05) is 31.5 Å². The number of likely N-dealkylation sites (tertiary alicyclic amines) is 1. The second kappa shape index (κ2) is 8.03. The van der Waals surface area contributed by atoms with Crippen molar-refractivity contribution in [2.45, 2.75) is 26.2 Å². The summed E-state index contributed by atoms with van der Waals surface area (Å²) in [4.78, 5) is 26.1. The average molecular weight is 324 g/mol. The summed E-state index contributed by atoms with van der Waals surface area (Å²) in [5, 5.41) is 6.35. The molecule has 1 fully saturated rings. The number of anilines is 1. The first kappa shape index (κ1) is 16.6. The fraction of sp³-hybridized carbons (Fsp3) is 0.500. The Kier molecular flexibility index (Phi) is 6.07. The van der Waals surface area contributed by atoms with Gasteiger partial charge in [-0.2, -0.15) is 0 Å². The highest BCUT2D eigenvalue weighted by Crippen LogP contribution is 2.24. The number of carbonyl (C=O) groups excluding carboxylic acids is 2. The largest absolute Gasteiger partial charge is 0.375 e. The van der Waals surface area contributed by atoms with Crippen LogP contribution >= 0.6 is 11.6 Å². The van der Waals surface area contributed by atoms with Crippen LogP contribution in [0.5, 0.6) is 0 Å². The standard InChI is InChI=1S/C16H22ClN3O2/c1-2-7-18-15(21)11-19-14-10-12(17)5-6-13(14)16(22)20-8-3-4-9-20/h5-6,10,19H,2-4,7-9,11H2,1H3,(H,18,21). The molecule has 0 bridgehead atoms. The van der Waals surface area contributed by atoms with Crippen molar-refractivity contribution >= 4 is 29.1 Å². The van der Waals surface area contributed by atoms with Gasteiger partial charge >= 0.3 is 0 Å². The van der Waals surface area contributed by atoms with Gasteiger partial charge in [-0.15, -0.1) is 0 Å². The fourth-order valence-corrected chi connectivity index (χ4v) is 2.61. The minimum absolute atomic E-state index is 0.00867. The molecule has 0 unspecified atom stereocenters. The van der Waals surface area contributed by atoms with E-state index in [4.69, 9.17) is 11.6 Å². The van der Waals surface area contributed by atoms with E-state index in [1.54, 1.807) is 18.2 Å². The van der Waals surface area contributed by atoms with Gasteiger partial charge in [0.1, 0.15) is 0 Å². The van der Waals surface area contributed by atoms with Gasteiger partial charge in [0.25, 0.3) is 5.91 Å². The van der Waals surface area contributed by atoms with Crippen molar-refractivity contribution in [3.63, 3.8) is 0 Å². The van der Waals surface area contributed by atoms with Gasteiger partial charge in [-0.25, -0.2) is 0 Å². The summed E-state index contributed by atoms with van der Waals surface area (Å²) < 4.78 is 0. The summed E-state index contributed by atoms with van der Waals surface area (Å²) in [6.07, 6.45) is 2.98. The third-order valence-electron chi connectivity index (χ3n) is 3.62. The normalized spacial score (nSPS) is 14.0. The van der Waals surface area contributed by atoms with Crippen molar-refractivity contribution in [1.29, 1.82) is 0 Å². The molecule has 5 nitrogen and oxygen atoms in total. The number of carbonyl (C=O) groups is 2. The minimum atomic E-state index is -0.0959. The van der Waals surface area contributed by atoms with Gasteiger partial charge in [0, 0.05) is 30.3 Å². The van der Waals surface area contributed by atoms with Crippen LogP contribution in [0.4, 0.5) is 5.69 Å². The van der Waals surface area contributed by atoms with Gasteiger partial charge in [0.05, 0.1) is 12.1 Å². The van der Waals surface area contributed by atoms with Crippen molar-refractivity contribution in [3.05, 3.63) is 28.8 Å². The van der Waals surface area contributed by atoms with Crippen LogP contribution in [0.1, 0.15) is 36.5 Å². The van der Waals surface area contributed by atoms with Crippen LogP contribution < -0.4 is 10.6 Å². The molecule has 120 valence electrons. The van der Waals surface area contributed by atoms with Crippen LogP contribution in [0.2, 0.25) is 5.02 Å². The lowest BCUT2D eigenvalue weighted by Gasteiger charge is -2.18. The van der Waals surface area contributed by atoms with Crippen molar-refractivity contribution < 1.29 is 9.59 Å². The van der Waals surface area contributed by atoms with Crippen LogP contribution in [0.25, 0.3) is 0 Å². The Labute approximate surface area is 136 Å². The molecule has 1 aromatic carbocycles. The lowest BCUT2D eigenvalue weighted by Crippen LogP contribution is -2.32. The smallest absolute Gasteiger partial charge is 0.255 e. The quantitative estimate of drug-likeness (QED) is 0.845. The number of halogens is 1. The van der Waals surface area contributed by atoms with E-state index in [0.29, 0.717) is 22.8 Å². The Morgan fingerprint density at radius 2 is 2.00 bits per heavy atom. The van der Waals surface area contributed by atoms with E-state index in [-0.39, 0.29) is 18.4 Å². The number of hydrogen-bond acceptors (Lipinski definition) is 3. The highest BCUT2D eigenvalue weighted by molar-refractivity contribution is 6.31. The number of nitrogens with zero attached hydrogens (tertiary/aromatic N) is 1. The zero-order valence-electron chi connectivity index (χ0n) is 12.8. The third kappa shape index (κ3) is 4.37. The molecule has 1 heterocycles. The van der Waals surface area contributed by atoms with Gasteiger partial charge in [0.15, 0.2) is 0 Å². The van der Waals surface area contributed by atoms with Gasteiger partial charge in [-0.05, 0) is 37.5 Å². The van der Waals surface area contributed by atoms with Crippen LogP contribution in [0, 0.1) is 0 Å². The lowest BCUT2D eigenvalue weighted by molar-refractivity contribution is -0.119. The van der Waals surface area contributed by atoms with Gasteiger partial charge in [-0.1, -0.05) is 18.5 Å². The maximum atomic E-state index is 12.5. The fourth-order valence-electron chi connectivity index (χ4n) is 2.44. The zero-order chi connectivity index (χ0) is 15.9. The molecule has 2 amide bonds. The molecule has 0 aromatic heterocycles. The zero-order valence-corrected chi connectivity index (χ0v) is 13.6. The van der Waals surface area contributed by atoms with Crippen LogP contribution in [-0.4, -0.2) is 42.9 Å². The molecule has 22 heavy (non-hydrogen) atoms. The van der Waals surface area contributed by atoms with E-state index in [2.05, 4.69) is 10.6 Å². The molecular formula is C16H22ClN3O2. The maximum Gasteiger partial charge on any atom is 0.255 e. The van der Waals surface area contributed by atoms with Crippen LogP contribution in [0.3, 0.4) is 0 Å². The van der Waals surface area contributed by atoms with Gasteiger partial charge in [0.2, 0.25) is 5.91 Å². The molecule has 2 rings (SSSR count). The summed E-state index contributed by atoms with van der Waals surface area (Å²) in [6.45, 7) is 4.35. The Hall–Kier alpha value is -1.75. The first-order valence-corrected chi connectivity index (χ1v) is 8.09. The topological polar surface area (TPSA) is 61.4 Å². The number of benzene rings is 1. The van der Waals surface area contributed by atoms with Crippen molar-refractivity contribution in [2.24, 2.45) is 0 Å². The highest BCUT2D eigenvalue weighted by atomic mass is 35.5. The Bertz CT molecular complexity index is 542. The van der Waals surface area contributed by atoms with E-state index in [1.807, 2.05) is 11.8 Å². The first-order valence-electron chi connectivity index (χ1n) is 7.71. The predicted molar refractivity (Wildman–Crippen MR) is 88.4 cm³/mol. The van der Waals surface area contributed by atoms with E-state index >= 15 is 0 Å². The van der Waals surface area contributed by atoms with Crippen molar-refractivity contribution in [1.82, 2.24) is 10.2 Å². The minimum Gasteiger partial charge on any atom is -0.375 e. The maximum absolute atomic E-state index is 12.5. The van der Waals surface area contributed by atoms with Gasteiger partial charge < -0.3 is 15.5 Å². The predicted octanol–water partition coefficient (Wildman–Crippen LogP) is 2.51. The summed E-state index contributed by atoms with van der Waals surface area (Å²) in [6, 6.07) is 5.11. The second-order valence-corrected chi connectivity index (χ2v) is 5.83. The summed E-state index contributed by atoms with van der Waals surface area (Å²) >= 11 is 6.01. The molecule has 0 radical (unpaired) electrons. The second-order valence-electron chi connectivity index (χ2n) is 5.39. The molecule has 0 spiro atoms. The van der Waals surface area contributed by atoms with E-state index in [9.17, 15) is 9.59 Å². The number of rotatable bonds is 6.